The lowest BCUT2D eigenvalue weighted by atomic mass is 9.95. The first kappa shape index (κ1) is 17.3. The Balaban J connectivity index is 2.10. The number of piperidine rings is 1. The van der Waals surface area contributed by atoms with E-state index in [2.05, 4.69) is 43.0 Å². The number of methoxy groups -OCH3 is 1. The summed E-state index contributed by atoms with van der Waals surface area (Å²) in [5.74, 6) is 0.599. The standard InChI is InChI=1S/C18H30N2O2/c1-14(2)11-17(19)16-8-4-5-9-18(16)20-10-6-7-15(12-20)22-13-21-3/h4-5,8-9,14-15,17H,6-7,10-13,19H2,1-3H3/t15-,17-/m0/s1. The minimum atomic E-state index is 0.0940. The number of nitrogens with two attached hydrogens (primary N) is 1. The van der Waals surface area contributed by atoms with E-state index in [9.17, 15) is 0 Å². The molecule has 0 amide bonds. The number of para-hydroxylation sites is 1. The third kappa shape index (κ3) is 4.70. The lowest BCUT2D eigenvalue weighted by molar-refractivity contribution is -0.0744. The van der Waals surface area contributed by atoms with Crippen LogP contribution in [0.3, 0.4) is 0 Å². The van der Waals surface area contributed by atoms with Crippen LogP contribution in [0.2, 0.25) is 0 Å². The fourth-order valence-corrected chi connectivity index (χ4v) is 3.18. The van der Waals surface area contributed by atoms with Crippen LogP contribution in [-0.2, 0) is 9.47 Å². The van der Waals surface area contributed by atoms with Crippen molar-refractivity contribution < 1.29 is 9.47 Å². The summed E-state index contributed by atoms with van der Waals surface area (Å²) >= 11 is 0. The summed E-state index contributed by atoms with van der Waals surface area (Å²) in [6.45, 7) is 6.79. The fraction of sp³-hybridized carbons (Fsp3) is 0.667. The first-order valence-corrected chi connectivity index (χ1v) is 8.31. The second-order valence-corrected chi connectivity index (χ2v) is 6.58. The Morgan fingerprint density at radius 1 is 1.32 bits per heavy atom. The predicted molar refractivity (Wildman–Crippen MR) is 91.0 cm³/mol. The van der Waals surface area contributed by atoms with Gasteiger partial charge < -0.3 is 20.1 Å². The first-order valence-electron chi connectivity index (χ1n) is 8.31. The maximum atomic E-state index is 6.44. The molecular formula is C18H30N2O2. The minimum absolute atomic E-state index is 0.0940. The quantitative estimate of drug-likeness (QED) is 0.785. The molecule has 4 nitrogen and oxygen atoms in total. The van der Waals surface area contributed by atoms with Gasteiger partial charge in [-0.3, -0.25) is 0 Å². The van der Waals surface area contributed by atoms with E-state index in [1.807, 2.05) is 0 Å². The molecule has 0 radical (unpaired) electrons. The third-order valence-corrected chi connectivity index (χ3v) is 4.20. The van der Waals surface area contributed by atoms with Gasteiger partial charge in [0.1, 0.15) is 6.79 Å². The van der Waals surface area contributed by atoms with Crippen LogP contribution >= 0.6 is 0 Å². The van der Waals surface area contributed by atoms with Gasteiger partial charge in [0.05, 0.1) is 6.10 Å². The van der Waals surface area contributed by atoms with Gasteiger partial charge in [-0.05, 0) is 36.8 Å². The fourth-order valence-electron chi connectivity index (χ4n) is 3.18. The molecule has 0 aromatic heterocycles. The highest BCUT2D eigenvalue weighted by molar-refractivity contribution is 5.55. The van der Waals surface area contributed by atoms with Crippen LogP contribution in [0.4, 0.5) is 5.69 Å². The Morgan fingerprint density at radius 2 is 2.09 bits per heavy atom. The Labute approximate surface area is 134 Å². The summed E-state index contributed by atoms with van der Waals surface area (Å²) in [5, 5.41) is 0. The van der Waals surface area contributed by atoms with Crippen molar-refractivity contribution in [1.29, 1.82) is 0 Å². The molecule has 2 atom stereocenters. The molecule has 0 bridgehead atoms. The average Bonchev–Trinajstić information content (AvgIpc) is 2.52. The summed E-state index contributed by atoms with van der Waals surface area (Å²) in [7, 11) is 1.67. The van der Waals surface area contributed by atoms with Crippen LogP contribution in [0.5, 0.6) is 0 Å². The van der Waals surface area contributed by atoms with E-state index in [0.717, 1.165) is 32.4 Å². The van der Waals surface area contributed by atoms with Gasteiger partial charge in [0.2, 0.25) is 0 Å². The summed E-state index contributed by atoms with van der Waals surface area (Å²) < 4.78 is 10.8. The molecule has 0 saturated carbocycles. The predicted octanol–water partition coefficient (Wildman–Crippen LogP) is 3.32. The van der Waals surface area contributed by atoms with Gasteiger partial charge >= 0.3 is 0 Å². The second-order valence-electron chi connectivity index (χ2n) is 6.58. The van der Waals surface area contributed by atoms with Crippen molar-refractivity contribution >= 4 is 5.69 Å². The maximum Gasteiger partial charge on any atom is 0.146 e. The van der Waals surface area contributed by atoms with E-state index < -0.39 is 0 Å². The molecule has 2 rings (SSSR count). The van der Waals surface area contributed by atoms with E-state index in [-0.39, 0.29) is 12.1 Å². The molecule has 124 valence electrons. The largest absolute Gasteiger partial charge is 0.369 e. The van der Waals surface area contributed by atoms with Crippen LogP contribution in [0.25, 0.3) is 0 Å². The molecule has 1 aromatic rings. The number of hydrogen-bond donors (Lipinski definition) is 1. The van der Waals surface area contributed by atoms with E-state index in [1.54, 1.807) is 7.11 Å². The molecule has 22 heavy (non-hydrogen) atoms. The van der Waals surface area contributed by atoms with Gasteiger partial charge in [0.25, 0.3) is 0 Å². The summed E-state index contributed by atoms with van der Waals surface area (Å²) in [6.07, 6.45) is 3.49. The molecule has 4 heteroatoms. The van der Waals surface area contributed by atoms with Crippen molar-refractivity contribution in [3.05, 3.63) is 29.8 Å². The number of hydrogen-bond acceptors (Lipinski definition) is 4. The van der Waals surface area contributed by atoms with Crippen molar-refractivity contribution in [2.24, 2.45) is 11.7 Å². The monoisotopic (exact) mass is 306 g/mol. The van der Waals surface area contributed by atoms with E-state index in [4.69, 9.17) is 15.2 Å². The molecule has 1 aliphatic heterocycles. The average molecular weight is 306 g/mol. The highest BCUT2D eigenvalue weighted by Gasteiger charge is 2.23. The van der Waals surface area contributed by atoms with Crippen LogP contribution in [0.1, 0.15) is 44.7 Å². The smallest absolute Gasteiger partial charge is 0.146 e. The van der Waals surface area contributed by atoms with Crippen molar-refractivity contribution in [2.75, 3.05) is 31.9 Å². The first-order chi connectivity index (χ1) is 10.6. The van der Waals surface area contributed by atoms with Crippen LogP contribution < -0.4 is 10.6 Å². The van der Waals surface area contributed by atoms with Gasteiger partial charge in [0, 0.05) is 31.9 Å². The molecule has 2 N–H and O–H groups in total. The van der Waals surface area contributed by atoms with Gasteiger partial charge in [-0.15, -0.1) is 0 Å². The Kier molecular flexibility index (Phi) is 6.68. The van der Waals surface area contributed by atoms with Gasteiger partial charge in [-0.2, -0.15) is 0 Å². The molecule has 0 unspecified atom stereocenters. The molecule has 1 fully saturated rings. The zero-order valence-corrected chi connectivity index (χ0v) is 14.1. The Morgan fingerprint density at radius 3 is 2.82 bits per heavy atom. The van der Waals surface area contributed by atoms with Crippen molar-refractivity contribution in [2.45, 2.75) is 45.3 Å². The van der Waals surface area contributed by atoms with Crippen molar-refractivity contribution in [1.82, 2.24) is 0 Å². The maximum absolute atomic E-state index is 6.44. The van der Waals surface area contributed by atoms with Crippen LogP contribution in [0.15, 0.2) is 24.3 Å². The summed E-state index contributed by atoms with van der Waals surface area (Å²) in [4.78, 5) is 2.42. The lowest BCUT2D eigenvalue weighted by Gasteiger charge is -2.36. The second kappa shape index (κ2) is 8.51. The minimum Gasteiger partial charge on any atom is -0.369 e. The normalized spacial score (nSPS) is 20.4. The Hall–Kier alpha value is -1.10. The molecular weight excluding hydrogens is 276 g/mol. The molecule has 0 aliphatic carbocycles. The third-order valence-electron chi connectivity index (χ3n) is 4.20. The van der Waals surface area contributed by atoms with Gasteiger partial charge in [-0.25, -0.2) is 0 Å². The zero-order chi connectivity index (χ0) is 15.9. The number of benzene rings is 1. The van der Waals surface area contributed by atoms with E-state index >= 15 is 0 Å². The molecule has 1 saturated heterocycles. The zero-order valence-electron chi connectivity index (χ0n) is 14.1. The highest BCUT2D eigenvalue weighted by Crippen LogP contribution is 2.31. The van der Waals surface area contributed by atoms with E-state index in [0.29, 0.717) is 12.7 Å². The van der Waals surface area contributed by atoms with E-state index in [1.165, 1.54) is 11.3 Å². The lowest BCUT2D eigenvalue weighted by Crippen LogP contribution is -2.40. The van der Waals surface area contributed by atoms with Crippen LogP contribution in [0, 0.1) is 5.92 Å². The number of nitrogens with zero attached hydrogens (tertiary/aromatic N) is 1. The number of ether oxygens (including phenoxy) is 2. The number of rotatable bonds is 7. The summed E-state index contributed by atoms with van der Waals surface area (Å²) in [6, 6.07) is 8.63. The molecule has 1 aromatic carbocycles. The molecule has 1 aliphatic rings. The Bertz CT molecular complexity index is 450. The van der Waals surface area contributed by atoms with Gasteiger partial charge in [0.15, 0.2) is 0 Å². The van der Waals surface area contributed by atoms with Gasteiger partial charge in [-0.1, -0.05) is 32.0 Å². The number of anilines is 1. The van der Waals surface area contributed by atoms with Crippen LogP contribution in [-0.4, -0.2) is 33.1 Å². The molecule has 0 spiro atoms. The topological polar surface area (TPSA) is 47.7 Å². The van der Waals surface area contributed by atoms with Crippen molar-refractivity contribution in [3.63, 3.8) is 0 Å². The SMILES string of the molecule is COCO[C@H]1CCCN(c2ccccc2[C@@H](N)CC(C)C)C1. The van der Waals surface area contributed by atoms with Crippen molar-refractivity contribution in [3.8, 4) is 0 Å². The summed E-state index contributed by atoms with van der Waals surface area (Å²) in [5.41, 5.74) is 8.96. The molecule has 1 heterocycles. The highest BCUT2D eigenvalue weighted by atomic mass is 16.7.